The van der Waals surface area contributed by atoms with Crippen LogP contribution in [-0.2, 0) is 6.42 Å². The summed E-state index contributed by atoms with van der Waals surface area (Å²) in [5.41, 5.74) is 2.61. The fraction of sp³-hybridized carbons (Fsp3) is 0.600. The number of fused-ring (bicyclic) bond motifs is 1. The molecular weight excluding hydrogens is 246 g/mol. The summed E-state index contributed by atoms with van der Waals surface area (Å²) in [6, 6.07) is 4.42. The molecule has 1 atom stereocenters. The van der Waals surface area contributed by atoms with E-state index in [4.69, 9.17) is 16.3 Å². The molecule has 0 aromatic heterocycles. The molecule has 0 radical (unpaired) electrons. The summed E-state index contributed by atoms with van der Waals surface area (Å²) >= 11 is 6.44. The minimum atomic E-state index is 0.450. The third-order valence-electron chi connectivity index (χ3n) is 3.97. The van der Waals surface area contributed by atoms with Crippen LogP contribution < -0.4 is 4.74 Å². The number of nitrogens with zero attached hydrogens (tertiary/aromatic N) is 1. The van der Waals surface area contributed by atoms with E-state index in [1.165, 1.54) is 24.0 Å². The average molecular weight is 268 g/mol. The first kappa shape index (κ1) is 13.7. The molecule has 100 valence electrons. The molecule has 0 saturated carbocycles. The number of benzene rings is 1. The van der Waals surface area contributed by atoms with E-state index >= 15 is 0 Å². The third kappa shape index (κ3) is 2.36. The minimum Gasteiger partial charge on any atom is -0.496 e. The van der Waals surface area contributed by atoms with Crippen molar-refractivity contribution in [3.05, 3.63) is 28.3 Å². The lowest BCUT2D eigenvalue weighted by Crippen LogP contribution is -2.31. The smallest absolute Gasteiger partial charge is 0.122 e. The highest BCUT2D eigenvalue weighted by atomic mass is 35.5. The van der Waals surface area contributed by atoms with Gasteiger partial charge in [-0.2, -0.15) is 0 Å². The maximum Gasteiger partial charge on any atom is 0.122 e. The van der Waals surface area contributed by atoms with Crippen molar-refractivity contribution < 1.29 is 4.74 Å². The molecule has 0 spiro atoms. The highest BCUT2D eigenvalue weighted by molar-refractivity contribution is 6.31. The second-order valence-corrected chi connectivity index (χ2v) is 5.18. The summed E-state index contributed by atoms with van der Waals surface area (Å²) in [6.45, 7) is 6.56. The Morgan fingerprint density at radius 1 is 1.33 bits per heavy atom. The Labute approximate surface area is 115 Å². The summed E-state index contributed by atoms with van der Waals surface area (Å²) in [4.78, 5) is 2.49. The maximum atomic E-state index is 6.44. The SMILES string of the molecule is CCN(CC)C1CCCc2c(OC)ccc(Cl)c21. The summed E-state index contributed by atoms with van der Waals surface area (Å²) < 4.78 is 5.49. The Kier molecular flexibility index (Phi) is 4.52. The molecule has 18 heavy (non-hydrogen) atoms. The number of hydrogen-bond acceptors (Lipinski definition) is 2. The van der Waals surface area contributed by atoms with E-state index in [1.54, 1.807) is 7.11 Å². The first-order chi connectivity index (χ1) is 8.72. The van der Waals surface area contributed by atoms with Crippen LogP contribution in [0.5, 0.6) is 5.75 Å². The maximum absolute atomic E-state index is 6.44. The quantitative estimate of drug-likeness (QED) is 0.815. The van der Waals surface area contributed by atoms with Crippen molar-refractivity contribution in [1.82, 2.24) is 4.90 Å². The van der Waals surface area contributed by atoms with Gasteiger partial charge in [0.25, 0.3) is 0 Å². The highest BCUT2D eigenvalue weighted by Gasteiger charge is 2.28. The van der Waals surface area contributed by atoms with Gasteiger partial charge in [-0.25, -0.2) is 0 Å². The molecule has 2 rings (SSSR count). The van der Waals surface area contributed by atoms with E-state index in [9.17, 15) is 0 Å². The average Bonchev–Trinajstić information content (AvgIpc) is 2.41. The van der Waals surface area contributed by atoms with Crippen LogP contribution >= 0.6 is 11.6 Å². The molecule has 0 aliphatic heterocycles. The molecule has 1 aliphatic rings. The Morgan fingerprint density at radius 3 is 2.67 bits per heavy atom. The zero-order chi connectivity index (χ0) is 13.1. The number of ether oxygens (including phenoxy) is 1. The monoisotopic (exact) mass is 267 g/mol. The normalized spacial score (nSPS) is 18.8. The molecule has 0 amide bonds. The van der Waals surface area contributed by atoms with Gasteiger partial charge in [0.2, 0.25) is 0 Å². The van der Waals surface area contributed by atoms with E-state index in [-0.39, 0.29) is 0 Å². The predicted molar refractivity (Wildman–Crippen MR) is 76.6 cm³/mol. The van der Waals surface area contributed by atoms with Gasteiger partial charge in [0.1, 0.15) is 5.75 Å². The first-order valence-electron chi connectivity index (χ1n) is 6.82. The van der Waals surface area contributed by atoms with Crippen LogP contribution in [0.15, 0.2) is 12.1 Å². The van der Waals surface area contributed by atoms with Crippen LogP contribution in [0.2, 0.25) is 5.02 Å². The summed E-state index contributed by atoms with van der Waals surface area (Å²) in [5.74, 6) is 0.992. The van der Waals surface area contributed by atoms with E-state index in [2.05, 4.69) is 18.7 Å². The number of methoxy groups -OCH3 is 1. The molecule has 0 fully saturated rings. The number of hydrogen-bond donors (Lipinski definition) is 0. The zero-order valence-corrected chi connectivity index (χ0v) is 12.3. The van der Waals surface area contributed by atoms with E-state index in [1.807, 2.05) is 12.1 Å². The van der Waals surface area contributed by atoms with Crippen molar-refractivity contribution in [3.8, 4) is 5.75 Å². The van der Waals surface area contributed by atoms with Gasteiger partial charge in [0.05, 0.1) is 7.11 Å². The van der Waals surface area contributed by atoms with E-state index < -0.39 is 0 Å². The molecule has 0 saturated heterocycles. The zero-order valence-electron chi connectivity index (χ0n) is 11.5. The highest BCUT2D eigenvalue weighted by Crippen LogP contribution is 2.42. The van der Waals surface area contributed by atoms with Crippen molar-refractivity contribution >= 4 is 11.6 Å². The van der Waals surface area contributed by atoms with Gasteiger partial charge in [-0.05, 0) is 50.0 Å². The third-order valence-corrected chi connectivity index (χ3v) is 4.30. The van der Waals surface area contributed by atoms with Gasteiger partial charge in [-0.3, -0.25) is 4.90 Å². The lowest BCUT2D eigenvalue weighted by molar-refractivity contribution is 0.197. The summed E-state index contributed by atoms with van der Waals surface area (Å²) in [6.07, 6.45) is 3.49. The Balaban J connectivity index is 2.47. The molecule has 1 aliphatic carbocycles. The van der Waals surface area contributed by atoms with E-state index in [0.717, 1.165) is 30.3 Å². The Bertz CT molecular complexity index is 415. The second-order valence-electron chi connectivity index (χ2n) is 4.77. The molecule has 0 heterocycles. The van der Waals surface area contributed by atoms with Crippen LogP contribution in [-0.4, -0.2) is 25.1 Å². The molecule has 1 aromatic carbocycles. The van der Waals surface area contributed by atoms with Crippen LogP contribution in [0.3, 0.4) is 0 Å². The number of rotatable bonds is 4. The predicted octanol–water partition coefficient (Wildman–Crippen LogP) is 4.07. The molecule has 1 aromatic rings. The molecule has 1 unspecified atom stereocenters. The topological polar surface area (TPSA) is 12.5 Å². The molecule has 2 nitrogen and oxygen atoms in total. The Hall–Kier alpha value is -0.730. The lowest BCUT2D eigenvalue weighted by Gasteiger charge is -2.35. The molecular formula is C15H22ClNO. The van der Waals surface area contributed by atoms with Gasteiger partial charge in [0.15, 0.2) is 0 Å². The number of halogens is 1. The standard InChI is InChI=1S/C15H22ClNO/c1-4-17(5-2)13-8-6-7-11-14(18-3)10-9-12(16)15(11)13/h9-10,13H,4-8H2,1-3H3. The van der Waals surface area contributed by atoms with Crippen LogP contribution in [0.25, 0.3) is 0 Å². The second kappa shape index (κ2) is 5.94. The van der Waals surface area contributed by atoms with Gasteiger partial charge in [-0.1, -0.05) is 25.4 Å². The first-order valence-corrected chi connectivity index (χ1v) is 7.20. The van der Waals surface area contributed by atoms with Crippen LogP contribution in [0.1, 0.15) is 43.9 Å². The summed E-state index contributed by atoms with van der Waals surface area (Å²) in [5, 5.41) is 0.891. The largest absolute Gasteiger partial charge is 0.496 e. The molecule has 0 bridgehead atoms. The Morgan fingerprint density at radius 2 is 2.06 bits per heavy atom. The van der Waals surface area contributed by atoms with E-state index in [0.29, 0.717) is 6.04 Å². The van der Waals surface area contributed by atoms with Crippen molar-refractivity contribution in [2.75, 3.05) is 20.2 Å². The van der Waals surface area contributed by atoms with Crippen molar-refractivity contribution in [2.24, 2.45) is 0 Å². The van der Waals surface area contributed by atoms with Crippen molar-refractivity contribution in [3.63, 3.8) is 0 Å². The lowest BCUT2D eigenvalue weighted by atomic mass is 9.86. The minimum absolute atomic E-state index is 0.450. The van der Waals surface area contributed by atoms with Gasteiger partial charge in [-0.15, -0.1) is 0 Å². The van der Waals surface area contributed by atoms with Gasteiger partial charge in [0, 0.05) is 16.6 Å². The fourth-order valence-corrected chi connectivity index (χ4v) is 3.37. The van der Waals surface area contributed by atoms with Crippen LogP contribution in [0, 0.1) is 0 Å². The molecule has 3 heteroatoms. The van der Waals surface area contributed by atoms with Crippen molar-refractivity contribution in [2.45, 2.75) is 39.2 Å². The van der Waals surface area contributed by atoms with Gasteiger partial charge < -0.3 is 4.74 Å². The van der Waals surface area contributed by atoms with Crippen LogP contribution in [0.4, 0.5) is 0 Å². The molecule has 0 N–H and O–H groups in total. The van der Waals surface area contributed by atoms with Crippen molar-refractivity contribution in [1.29, 1.82) is 0 Å². The fourth-order valence-electron chi connectivity index (χ4n) is 3.07. The van der Waals surface area contributed by atoms with Gasteiger partial charge >= 0.3 is 0 Å². The summed E-state index contributed by atoms with van der Waals surface area (Å²) in [7, 11) is 1.74.